The fraction of sp³-hybridized carbons (Fsp3) is 0.308. The minimum Gasteiger partial charge on any atom is -0.388 e. The summed E-state index contributed by atoms with van der Waals surface area (Å²) in [6, 6.07) is 4.24. The fourth-order valence-corrected chi connectivity index (χ4v) is 2.02. The third kappa shape index (κ3) is 2.71. The summed E-state index contributed by atoms with van der Waals surface area (Å²) in [5.74, 6) is 0.313. The molecule has 3 nitrogen and oxygen atoms in total. The van der Waals surface area contributed by atoms with Crippen molar-refractivity contribution in [3.63, 3.8) is 0 Å². The lowest BCUT2D eigenvalue weighted by Crippen LogP contribution is -2.08. The molecule has 0 amide bonds. The normalized spacial score (nSPS) is 12.7. The smallest absolute Gasteiger partial charge is 0.141 e. The third-order valence-corrected chi connectivity index (χ3v) is 3.14. The predicted molar refractivity (Wildman–Crippen MR) is 68.0 cm³/mol. The SMILES string of the molecule is CCn1ccnc1CC(O)c1ccc(F)c(Cl)c1. The summed E-state index contributed by atoms with van der Waals surface area (Å²) >= 11 is 5.69. The van der Waals surface area contributed by atoms with Gasteiger partial charge >= 0.3 is 0 Å². The molecule has 0 aliphatic rings. The first-order valence-electron chi connectivity index (χ1n) is 5.74. The van der Waals surface area contributed by atoms with Crippen LogP contribution in [0, 0.1) is 5.82 Å². The summed E-state index contributed by atoms with van der Waals surface area (Å²) in [5, 5.41) is 10.1. The van der Waals surface area contributed by atoms with E-state index >= 15 is 0 Å². The Labute approximate surface area is 110 Å². The second kappa shape index (κ2) is 5.50. The zero-order valence-electron chi connectivity index (χ0n) is 9.98. The van der Waals surface area contributed by atoms with Crippen LogP contribution >= 0.6 is 11.6 Å². The molecule has 0 spiro atoms. The van der Waals surface area contributed by atoms with Crippen LogP contribution < -0.4 is 0 Å². The molecule has 2 aromatic rings. The molecule has 96 valence electrons. The molecule has 0 saturated heterocycles. The molecule has 1 atom stereocenters. The van der Waals surface area contributed by atoms with Crippen molar-refractivity contribution in [1.29, 1.82) is 0 Å². The van der Waals surface area contributed by atoms with Gasteiger partial charge in [-0.15, -0.1) is 0 Å². The average molecular weight is 269 g/mol. The summed E-state index contributed by atoms with van der Waals surface area (Å²) in [5.41, 5.74) is 0.590. The number of nitrogens with zero attached hydrogens (tertiary/aromatic N) is 2. The summed E-state index contributed by atoms with van der Waals surface area (Å²) in [7, 11) is 0. The molecule has 1 unspecified atom stereocenters. The van der Waals surface area contributed by atoms with Gasteiger partial charge in [0.25, 0.3) is 0 Å². The van der Waals surface area contributed by atoms with E-state index in [2.05, 4.69) is 4.98 Å². The second-order valence-electron chi connectivity index (χ2n) is 4.02. The Balaban J connectivity index is 2.16. The minimum absolute atomic E-state index is 0.0189. The molecule has 0 aliphatic heterocycles. The van der Waals surface area contributed by atoms with Gasteiger partial charge in [-0.05, 0) is 24.6 Å². The van der Waals surface area contributed by atoms with E-state index in [9.17, 15) is 9.50 Å². The van der Waals surface area contributed by atoms with E-state index < -0.39 is 11.9 Å². The third-order valence-electron chi connectivity index (χ3n) is 2.85. The largest absolute Gasteiger partial charge is 0.388 e. The highest BCUT2D eigenvalue weighted by atomic mass is 35.5. The monoisotopic (exact) mass is 268 g/mol. The number of aromatic nitrogens is 2. The summed E-state index contributed by atoms with van der Waals surface area (Å²) in [6.07, 6.45) is 3.20. The molecule has 0 saturated carbocycles. The Kier molecular flexibility index (Phi) is 3.99. The van der Waals surface area contributed by atoms with Gasteiger partial charge in [-0.3, -0.25) is 0 Å². The van der Waals surface area contributed by atoms with Crippen molar-refractivity contribution in [2.24, 2.45) is 0 Å². The molecule has 2 rings (SSSR count). The number of rotatable bonds is 4. The van der Waals surface area contributed by atoms with Crippen molar-refractivity contribution >= 4 is 11.6 Å². The van der Waals surface area contributed by atoms with E-state index in [0.29, 0.717) is 12.0 Å². The highest BCUT2D eigenvalue weighted by Crippen LogP contribution is 2.23. The molecule has 18 heavy (non-hydrogen) atoms. The maximum absolute atomic E-state index is 13.0. The van der Waals surface area contributed by atoms with Crippen LogP contribution in [0.5, 0.6) is 0 Å². The summed E-state index contributed by atoms with van der Waals surface area (Å²) in [4.78, 5) is 4.19. The molecule has 1 N–H and O–H groups in total. The van der Waals surface area contributed by atoms with Crippen LogP contribution in [0.4, 0.5) is 4.39 Å². The number of halogens is 2. The first kappa shape index (κ1) is 13.1. The predicted octanol–water partition coefficient (Wildman–Crippen LogP) is 2.97. The van der Waals surface area contributed by atoms with Gasteiger partial charge in [-0.2, -0.15) is 0 Å². The second-order valence-corrected chi connectivity index (χ2v) is 4.43. The van der Waals surface area contributed by atoms with Crippen molar-refractivity contribution in [2.45, 2.75) is 26.0 Å². The molecule has 1 aromatic heterocycles. The van der Waals surface area contributed by atoms with Gasteiger partial charge in [0.1, 0.15) is 11.6 Å². The highest BCUT2D eigenvalue weighted by molar-refractivity contribution is 6.30. The lowest BCUT2D eigenvalue weighted by atomic mass is 10.1. The van der Waals surface area contributed by atoms with Crippen molar-refractivity contribution in [3.8, 4) is 0 Å². The molecular weight excluding hydrogens is 255 g/mol. The van der Waals surface area contributed by atoms with E-state index in [4.69, 9.17) is 11.6 Å². The van der Waals surface area contributed by atoms with Gasteiger partial charge in [-0.25, -0.2) is 9.37 Å². The van der Waals surface area contributed by atoms with Crippen LogP contribution in [-0.2, 0) is 13.0 Å². The maximum atomic E-state index is 13.0. The van der Waals surface area contributed by atoms with Gasteiger partial charge in [0.15, 0.2) is 0 Å². The minimum atomic E-state index is -0.740. The summed E-state index contributed by atoms with van der Waals surface area (Å²) in [6.45, 7) is 2.80. The molecule has 0 fully saturated rings. The number of benzene rings is 1. The van der Waals surface area contributed by atoms with Gasteiger partial charge in [0.2, 0.25) is 0 Å². The molecule has 0 radical (unpaired) electrons. The van der Waals surface area contributed by atoms with Gasteiger partial charge in [0.05, 0.1) is 11.1 Å². The number of aryl methyl sites for hydroxylation is 1. The zero-order valence-corrected chi connectivity index (χ0v) is 10.7. The highest BCUT2D eigenvalue weighted by Gasteiger charge is 2.13. The quantitative estimate of drug-likeness (QED) is 0.926. The zero-order chi connectivity index (χ0) is 13.1. The van der Waals surface area contributed by atoms with Gasteiger partial charge in [-0.1, -0.05) is 17.7 Å². The van der Waals surface area contributed by atoms with Crippen LogP contribution in [0.3, 0.4) is 0 Å². The van der Waals surface area contributed by atoms with E-state index in [1.807, 2.05) is 17.7 Å². The van der Waals surface area contributed by atoms with Gasteiger partial charge in [0, 0.05) is 25.4 Å². The van der Waals surface area contributed by atoms with Crippen LogP contribution in [0.25, 0.3) is 0 Å². The number of hydrogen-bond donors (Lipinski definition) is 1. The van der Waals surface area contributed by atoms with Crippen LogP contribution in [-0.4, -0.2) is 14.7 Å². The van der Waals surface area contributed by atoms with E-state index in [-0.39, 0.29) is 5.02 Å². The lowest BCUT2D eigenvalue weighted by Gasteiger charge is -2.12. The summed E-state index contributed by atoms with van der Waals surface area (Å²) < 4.78 is 15.0. The molecule has 1 heterocycles. The van der Waals surface area contributed by atoms with E-state index in [1.54, 1.807) is 6.20 Å². The Hall–Kier alpha value is -1.39. The Morgan fingerprint density at radius 3 is 2.94 bits per heavy atom. The Morgan fingerprint density at radius 1 is 1.50 bits per heavy atom. The van der Waals surface area contributed by atoms with Crippen molar-refractivity contribution < 1.29 is 9.50 Å². The average Bonchev–Trinajstić information content (AvgIpc) is 2.79. The fourth-order valence-electron chi connectivity index (χ4n) is 1.83. The van der Waals surface area contributed by atoms with Crippen molar-refractivity contribution in [1.82, 2.24) is 9.55 Å². The van der Waals surface area contributed by atoms with E-state index in [0.717, 1.165) is 12.4 Å². The Morgan fingerprint density at radius 2 is 2.28 bits per heavy atom. The molecule has 0 bridgehead atoms. The lowest BCUT2D eigenvalue weighted by molar-refractivity contribution is 0.174. The van der Waals surface area contributed by atoms with Crippen LogP contribution in [0.15, 0.2) is 30.6 Å². The van der Waals surface area contributed by atoms with Crippen molar-refractivity contribution in [2.75, 3.05) is 0 Å². The molecule has 5 heteroatoms. The number of aliphatic hydroxyl groups is 1. The van der Waals surface area contributed by atoms with Crippen molar-refractivity contribution in [3.05, 3.63) is 52.8 Å². The topological polar surface area (TPSA) is 38.0 Å². The maximum Gasteiger partial charge on any atom is 0.141 e. The first-order chi connectivity index (χ1) is 8.61. The van der Waals surface area contributed by atoms with Gasteiger partial charge < -0.3 is 9.67 Å². The van der Waals surface area contributed by atoms with Crippen LogP contribution in [0.1, 0.15) is 24.4 Å². The molecular formula is C13H14ClFN2O. The number of aliphatic hydroxyl groups excluding tert-OH is 1. The number of imidazole rings is 1. The number of hydrogen-bond acceptors (Lipinski definition) is 2. The molecule has 0 aliphatic carbocycles. The van der Waals surface area contributed by atoms with Crippen LogP contribution in [0.2, 0.25) is 5.02 Å². The van der Waals surface area contributed by atoms with E-state index in [1.165, 1.54) is 18.2 Å². The standard InChI is InChI=1S/C13H14ClFN2O/c1-2-17-6-5-16-13(17)8-12(18)9-3-4-11(15)10(14)7-9/h3-7,12,18H,2,8H2,1H3. The Bertz CT molecular complexity index is 542. The first-order valence-corrected chi connectivity index (χ1v) is 6.12. The molecule has 1 aromatic carbocycles.